The van der Waals surface area contributed by atoms with Gasteiger partial charge in [0.15, 0.2) is 0 Å². The SMILES string of the molecule is COc1cccc(C(=O)N2CCCc3cc(C)ccc32)c1. The molecule has 1 aliphatic rings. The lowest BCUT2D eigenvalue weighted by molar-refractivity contribution is 0.0985. The predicted octanol–water partition coefficient (Wildman–Crippen LogP) is 3.60. The standard InChI is InChI=1S/C18H19NO2/c1-13-8-9-17-14(11-13)6-4-10-19(17)18(20)15-5-3-7-16(12-15)21-2/h3,5,7-9,11-12H,4,6,10H2,1-2H3. The summed E-state index contributed by atoms with van der Waals surface area (Å²) >= 11 is 0. The summed E-state index contributed by atoms with van der Waals surface area (Å²) in [5.41, 5.74) is 4.21. The van der Waals surface area contributed by atoms with Gasteiger partial charge in [0.05, 0.1) is 7.11 Å². The molecule has 3 rings (SSSR count). The van der Waals surface area contributed by atoms with Crippen LogP contribution in [0.25, 0.3) is 0 Å². The summed E-state index contributed by atoms with van der Waals surface area (Å²) in [6, 6.07) is 13.6. The van der Waals surface area contributed by atoms with Gasteiger partial charge >= 0.3 is 0 Å². The van der Waals surface area contributed by atoms with Gasteiger partial charge in [-0.1, -0.05) is 23.8 Å². The molecular formula is C18H19NO2. The number of anilines is 1. The minimum atomic E-state index is 0.0405. The van der Waals surface area contributed by atoms with Crippen LogP contribution in [0, 0.1) is 6.92 Å². The minimum Gasteiger partial charge on any atom is -0.497 e. The van der Waals surface area contributed by atoms with Crippen molar-refractivity contribution in [2.24, 2.45) is 0 Å². The molecule has 3 heteroatoms. The zero-order valence-corrected chi connectivity index (χ0v) is 12.4. The van der Waals surface area contributed by atoms with E-state index in [0.29, 0.717) is 11.3 Å². The average Bonchev–Trinajstić information content (AvgIpc) is 2.53. The third-order valence-electron chi connectivity index (χ3n) is 3.92. The summed E-state index contributed by atoms with van der Waals surface area (Å²) in [6.45, 7) is 2.86. The number of rotatable bonds is 2. The second-order valence-electron chi connectivity index (χ2n) is 5.42. The van der Waals surface area contributed by atoms with E-state index in [9.17, 15) is 4.79 Å². The second kappa shape index (κ2) is 5.60. The highest BCUT2D eigenvalue weighted by atomic mass is 16.5. The number of aryl methyl sites for hydroxylation is 2. The lowest BCUT2D eigenvalue weighted by atomic mass is 9.99. The van der Waals surface area contributed by atoms with Gasteiger partial charge in [-0.05, 0) is 49.6 Å². The van der Waals surface area contributed by atoms with Gasteiger partial charge < -0.3 is 9.64 Å². The molecule has 0 aliphatic carbocycles. The number of hydrogen-bond donors (Lipinski definition) is 0. The molecule has 108 valence electrons. The highest BCUT2D eigenvalue weighted by molar-refractivity contribution is 6.07. The maximum atomic E-state index is 12.8. The quantitative estimate of drug-likeness (QED) is 0.841. The molecule has 0 radical (unpaired) electrons. The monoisotopic (exact) mass is 281 g/mol. The van der Waals surface area contributed by atoms with Gasteiger partial charge in [-0.25, -0.2) is 0 Å². The molecule has 0 N–H and O–H groups in total. The number of nitrogens with zero attached hydrogens (tertiary/aromatic N) is 1. The van der Waals surface area contributed by atoms with Crippen molar-refractivity contribution in [1.82, 2.24) is 0 Å². The zero-order valence-electron chi connectivity index (χ0n) is 12.4. The third-order valence-corrected chi connectivity index (χ3v) is 3.92. The minimum absolute atomic E-state index is 0.0405. The fraction of sp³-hybridized carbons (Fsp3) is 0.278. The molecule has 3 nitrogen and oxygen atoms in total. The normalized spacial score (nSPS) is 13.7. The van der Waals surface area contributed by atoms with Crippen molar-refractivity contribution < 1.29 is 9.53 Å². The summed E-state index contributed by atoms with van der Waals surface area (Å²) in [6.07, 6.45) is 2.05. The van der Waals surface area contributed by atoms with Gasteiger partial charge in [-0.2, -0.15) is 0 Å². The molecular weight excluding hydrogens is 262 g/mol. The molecule has 1 aliphatic heterocycles. The van der Waals surface area contributed by atoms with E-state index in [4.69, 9.17) is 4.74 Å². The van der Waals surface area contributed by atoms with Crippen LogP contribution in [0.1, 0.15) is 27.9 Å². The number of methoxy groups -OCH3 is 1. The summed E-state index contributed by atoms with van der Waals surface area (Å²) < 4.78 is 5.21. The van der Waals surface area contributed by atoms with Crippen LogP contribution < -0.4 is 9.64 Å². The average molecular weight is 281 g/mol. The number of benzene rings is 2. The lowest BCUT2D eigenvalue weighted by Crippen LogP contribution is -2.35. The first-order valence-electron chi connectivity index (χ1n) is 7.24. The highest BCUT2D eigenvalue weighted by Crippen LogP contribution is 2.29. The first-order chi connectivity index (χ1) is 10.2. The molecule has 2 aromatic rings. The first kappa shape index (κ1) is 13.7. The van der Waals surface area contributed by atoms with Gasteiger partial charge in [0.25, 0.3) is 5.91 Å². The van der Waals surface area contributed by atoms with E-state index in [1.54, 1.807) is 13.2 Å². The van der Waals surface area contributed by atoms with Crippen LogP contribution >= 0.6 is 0 Å². The van der Waals surface area contributed by atoms with Crippen LogP contribution in [0.5, 0.6) is 5.75 Å². The fourth-order valence-corrected chi connectivity index (χ4v) is 2.85. The number of amides is 1. The summed E-state index contributed by atoms with van der Waals surface area (Å²) in [5.74, 6) is 0.751. The van der Waals surface area contributed by atoms with Crippen molar-refractivity contribution >= 4 is 11.6 Å². The number of carbonyl (C=O) groups is 1. The molecule has 0 saturated carbocycles. The Morgan fingerprint density at radius 3 is 2.86 bits per heavy atom. The number of hydrogen-bond acceptors (Lipinski definition) is 2. The van der Waals surface area contributed by atoms with E-state index >= 15 is 0 Å². The zero-order chi connectivity index (χ0) is 14.8. The second-order valence-corrected chi connectivity index (χ2v) is 5.42. The van der Waals surface area contributed by atoms with Crippen LogP contribution in [0.3, 0.4) is 0 Å². The Balaban J connectivity index is 1.96. The van der Waals surface area contributed by atoms with Crippen LogP contribution in [0.4, 0.5) is 5.69 Å². The van der Waals surface area contributed by atoms with Gasteiger partial charge in [-0.15, -0.1) is 0 Å². The Morgan fingerprint density at radius 2 is 2.05 bits per heavy atom. The third kappa shape index (κ3) is 2.64. The van der Waals surface area contributed by atoms with Crippen LogP contribution in [0.15, 0.2) is 42.5 Å². The molecule has 0 fully saturated rings. The predicted molar refractivity (Wildman–Crippen MR) is 84.2 cm³/mol. The largest absolute Gasteiger partial charge is 0.497 e. The Morgan fingerprint density at radius 1 is 1.19 bits per heavy atom. The molecule has 1 amide bonds. The van der Waals surface area contributed by atoms with Crippen LogP contribution in [-0.4, -0.2) is 19.6 Å². The molecule has 0 bridgehead atoms. The van der Waals surface area contributed by atoms with E-state index in [0.717, 1.165) is 25.1 Å². The van der Waals surface area contributed by atoms with E-state index in [1.807, 2.05) is 23.1 Å². The topological polar surface area (TPSA) is 29.5 Å². The Hall–Kier alpha value is -2.29. The van der Waals surface area contributed by atoms with Gasteiger partial charge in [-0.3, -0.25) is 4.79 Å². The molecule has 2 aromatic carbocycles. The molecule has 0 spiro atoms. The van der Waals surface area contributed by atoms with Crippen molar-refractivity contribution in [3.05, 3.63) is 59.2 Å². The van der Waals surface area contributed by atoms with Crippen molar-refractivity contribution in [3.8, 4) is 5.75 Å². The fourth-order valence-electron chi connectivity index (χ4n) is 2.85. The van der Waals surface area contributed by atoms with E-state index < -0.39 is 0 Å². The maximum Gasteiger partial charge on any atom is 0.258 e. The Bertz CT molecular complexity index is 679. The Kier molecular flexibility index (Phi) is 3.65. The summed E-state index contributed by atoms with van der Waals surface area (Å²) in [7, 11) is 1.61. The van der Waals surface area contributed by atoms with Crippen molar-refractivity contribution in [2.75, 3.05) is 18.6 Å². The molecule has 0 atom stereocenters. The number of fused-ring (bicyclic) bond motifs is 1. The maximum absolute atomic E-state index is 12.8. The van der Waals surface area contributed by atoms with E-state index in [-0.39, 0.29) is 5.91 Å². The van der Waals surface area contributed by atoms with Crippen LogP contribution in [0.2, 0.25) is 0 Å². The highest BCUT2D eigenvalue weighted by Gasteiger charge is 2.23. The van der Waals surface area contributed by atoms with E-state index in [2.05, 4.69) is 25.1 Å². The van der Waals surface area contributed by atoms with Crippen molar-refractivity contribution in [2.45, 2.75) is 19.8 Å². The molecule has 21 heavy (non-hydrogen) atoms. The summed E-state index contributed by atoms with van der Waals surface area (Å²) in [4.78, 5) is 14.7. The van der Waals surface area contributed by atoms with E-state index in [1.165, 1.54) is 11.1 Å². The molecule has 1 heterocycles. The molecule has 0 aromatic heterocycles. The van der Waals surface area contributed by atoms with Gasteiger partial charge in [0, 0.05) is 17.8 Å². The molecule has 0 unspecified atom stereocenters. The van der Waals surface area contributed by atoms with Gasteiger partial charge in [0.1, 0.15) is 5.75 Å². The first-order valence-corrected chi connectivity index (χ1v) is 7.24. The van der Waals surface area contributed by atoms with Gasteiger partial charge in [0.2, 0.25) is 0 Å². The number of ether oxygens (including phenoxy) is 1. The van der Waals surface area contributed by atoms with Crippen LogP contribution in [-0.2, 0) is 6.42 Å². The molecule has 0 saturated heterocycles. The van der Waals surface area contributed by atoms with Crippen molar-refractivity contribution in [3.63, 3.8) is 0 Å². The summed E-state index contributed by atoms with van der Waals surface area (Å²) in [5, 5.41) is 0. The van der Waals surface area contributed by atoms with Crippen molar-refractivity contribution in [1.29, 1.82) is 0 Å². The Labute approximate surface area is 125 Å². The lowest BCUT2D eigenvalue weighted by Gasteiger charge is -2.30. The smallest absolute Gasteiger partial charge is 0.258 e. The number of carbonyl (C=O) groups excluding carboxylic acids is 1.